The molecule has 1 rings (SSSR count). The lowest BCUT2D eigenvalue weighted by Gasteiger charge is -2.24. The number of aromatic amines is 1. The summed E-state index contributed by atoms with van der Waals surface area (Å²) in [7, 11) is 0. The predicted octanol–water partition coefficient (Wildman–Crippen LogP) is -3.85. The Labute approximate surface area is 191 Å². The van der Waals surface area contributed by atoms with Crippen LogP contribution in [0.5, 0.6) is 0 Å². The molecule has 3 amide bonds. The number of aliphatic hydroxyl groups excluding tert-OH is 1. The van der Waals surface area contributed by atoms with Crippen LogP contribution in [0, 0.1) is 0 Å². The highest BCUT2D eigenvalue weighted by molar-refractivity contribution is 5.94. The lowest BCUT2D eigenvalue weighted by Crippen LogP contribution is -2.58. The minimum absolute atomic E-state index is 0.221. The third-order valence-electron chi connectivity index (χ3n) is 4.43. The van der Waals surface area contributed by atoms with E-state index in [-0.39, 0.29) is 12.8 Å². The first-order valence-electron chi connectivity index (χ1n) is 9.85. The average molecular weight is 486 g/mol. The fourth-order valence-corrected chi connectivity index (χ4v) is 2.63. The number of nitrogens with one attached hydrogen (secondary N) is 4. The number of aliphatic hydroxyl groups is 1. The third kappa shape index (κ3) is 9.61. The van der Waals surface area contributed by atoms with Gasteiger partial charge in [-0.05, 0) is 6.42 Å². The van der Waals surface area contributed by atoms with E-state index in [0.717, 1.165) is 0 Å². The van der Waals surface area contributed by atoms with Crippen molar-refractivity contribution in [1.82, 2.24) is 25.9 Å². The van der Waals surface area contributed by atoms with Crippen LogP contribution in [0.3, 0.4) is 0 Å². The van der Waals surface area contributed by atoms with Gasteiger partial charge in [0.25, 0.3) is 0 Å². The quantitative estimate of drug-likeness (QED) is 0.115. The molecule has 0 saturated carbocycles. The summed E-state index contributed by atoms with van der Waals surface area (Å²) in [5.74, 6) is -7.28. The zero-order valence-corrected chi connectivity index (χ0v) is 17.8. The maximum atomic E-state index is 12.6. The van der Waals surface area contributed by atoms with Crippen molar-refractivity contribution >= 4 is 35.6 Å². The number of hydrogen-bond acceptors (Lipinski definition) is 9. The lowest BCUT2D eigenvalue weighted by molar-refractivity contribution is -0.147. The van der Waals surface area contributed by atoms with Gasteiger partial charge in [0.05, 0.1) is 25.4 Å². The SMILES string of the molecule is NC(CCC(=O)O)C(=O)NC(CO)C(=O)NC(Cc1cnc[nH]1)C(=O)NC(CC(=O)O)C(=O)O. The van der Waals surface area contributed by atoms with E-state index in [2.05, 4.69) is 20.6 Å². The molecular formula is C18H26N6O10. The summed E-state index contributed by atoms with van der Waals surface area (Å²) < 4.78 is 0. The smallest absolute Gasteiger partial charge is 0.326 e. The van der Waals surface area contributed by atoms with E-state index in [1.807, 2.05) is 5.32 Å². The van der Waals surface area contributed by atoms with Crippen molar-refractivity contribution in [3.63, 3.8) is 0 Å². The number of carboxylic acid groups (broad SMARTS) is 3. The number of nitrogens with zero attached hydrogens (tertiary/aromatic N) is 1. The molecule has 16 heteroatoms. The molecule has 1 aromatic heterocycles. The van der Waals surface area contributed by atoms with Gasteiger partial charge in [-0.25, -0.2) is 9.78 Å². The molecule has 0 bridgehead atoms. The summed E-state index contributed by atoms with van der Waals surface area (Å²) in [6.07, 6.45) is 0.831. The molecule has 0 spiro atoms. The Morgan fingerprint density at radius 3 is 2.00 bits per heavy atom. The number of carboxylic acids is 3. The van der Waals surface area contributed by atoms with Crippen molar-refractivity contribution in [3.8, 4) is 0 Å². The molecule has 0 saturated heterocycles. The Morgan fingerprint density at radius 1 is 0.912 bits per heavy atom. The van der Waals surface area contributed by atoms with Gasteiger partial charge in [-0.1, -0.05) is 0 Å². The second-order valence-electron chi connectivity index (χ2n) is 7.12. The molecule has 16 nitrogen and oxygen atoms in total. The van der Waals surface area contributed by atoms with Crippen molar-refractivity contribution in [3.05, 3.63) is 18.2 Å². The number of carbonyl (C=O) groups is 6. The Kier molecular flexibility index (Phi) is 11.1. The van der Waals surface area contributed by atoms with Gasteiger partial charge in [0.2, 0.25) is 17.7 Å². The topological polar surface area (TPSA) is 274 Å². The largest absolute Gasteiger partial charge is 0.481 e. The number of imidazole rings is 1. The monoisotopic (exact) mass is 486 g/mol. The van der Waals surface area contributed by atoms with E-state index in [1.165, 1.54) is 12.5 Å². The number of amides is 3. The van der Waals surface area contributed by atoms with Crippen molar-refractivity contribution in [1.29, 1.82) is 0 Å². The second kappa shape index (κ2) is 13.5. The van der Waals surface area contributed by atoms with Gasteiger partial charge in [0.1, 0.15) is 18.1 Å². The van der Waals surface area contributed by atoms with Crippen LogP contribution >= 0.6 is 0 Å². The molecule has 0 aliphatic heterocycles. The summed E-state index contributed by atoms with van der Waals surface area (Å²) in [6, 6.07) is -6.09. The van der Waals surface area contributed by atoms with Gasteiger partial charge in [0, 0.05) is 24.7 Å². The minimum atomic E-state index is -1.79. The van der Waals surface area contributed by atoms with Crippen molar-refractivity contribution in [2.24, 2.45) is 5.73 Å². The molecule has 4 atom stereocenters. The van der Waals surface area contributed by atoms with Crippen LogP contribution in [0.15, 0.2) is 12.5 Å². The summed E-state index contributed by atoms with van der Waals surface area (Å²) in [6.45, 7) is -0.904. The van der Waals surface area contributed by atoms with Gasteiger partial charge < -0.3 is 47.1 Å². The first-order valence-corrected chi connectivity index (χ1v) is 9.85. The molecule has 0 aromatic carbocycles. The van der Waals surface area contributed by atoms with Crippen molar-refractivity contribution in [2.45, 2.75) is 49.9 Å². The number of H-pyrrole nitrogens is 1. The van der Waals surface area contributed by atoms with E-state index in [0.29, 0.717) is 5.69 Å². The molecule has 0 radical (unpaired) electrons. The fourth-order valence-electron chi connectivity index (χ4n) is 2.63. The molecule has 10 N–H and O–H groups in total. The van der Waals surface area contributed by atoms with Crippen LogP contribution in [-0.4, -0.2) is 96.8 Å². The fraction of sp³-hybridized carbons (Fsp3) is 0.500. The van der Waals surface area contributed by atoms with Crippen molar-refractivity contribution in [2.75, 3.05) is 6.61 Å². The number of aromatic nitrogens is 2. The molecule has 1 aromatic rings. The summed E-state index contributed by atoms with van der Waals surface area (Å²) in [5.41, 5.74) is 5.92. The molecule has 0 fully saturated rings. The summed E-state index contributed by atoms with van der Waals surface area (Å²) in [5, 5.41) is 42.5. The van der Waals surface area contributed by atoms with E-state index in [9.17, 15) is 33.9 Å². The Bertz CT molecular complexity index is 890. The first kappa shape index (κ1) is 28.0. The first-order chi connectivity index (χ1) is 15.9. The molecule has 1 heterocycles. The summed E-state index contributed by atoms with van der Waals surface area (Å²) >= 11 is 0. The minimum Gasteiger partial charge on any atom is -0.481 e. The molecule has 34 heavy (non-hydrogen) atoms. The van der Waals surface area contributed by atoms with Gasteiger partial charge in [-0.3, -0.25) is 24.0 Å². The highest BCUT2D eigenvalue weighted by Crippen LogP contribution is 2.03. The van der Waals surface area contributed by atoms with E-state index < -0.39 is 79.2 Å². The maximum absolute atomic E-state index is 12.6. The van der Waals surface area contributed by atoms with Gasteiger partial charge in [-0.15, -0.1) is 0 Å². The number of rotatable bonds is 15. The van der Waals surface area contributed by atoms with Gasteiger partial charge >= 0.3 is 17.9 Å². The number of carbonyl (C=O) groups excluding carboxylic acids is 3. The zero-order valence-electron chi connectivity index (χ0n) is 17.8. The molecule has 0 aliphatic carbocycles. The van der Waals surface area contributed by atoms with Crippen LogP contribution in [0.4, 0.5) is 0 Å². The molecule has 4 unspecified atom stereocenters. The van der Waals surface area contributed by atoms with E-state index in [1.54, 1.807) is 0 Å². The highest BCUT2D eigenvalue weighted by Gasteiger charge is 2.31. The Balaban J connectivity index is 2.93. The van der Waals surface area contributed by atoms with Crippen LogP contribution in [-0.2, 0) is 35.2 Å². The van der Waals surface area contributed by atoms with E-state index >= 15 is 0 Å². The predicted molar refractivity (Wildman–Crippen MR) is 110 cm³/mol. The highest BCUT2D eigenvalue weighted by atomic mass is 16.4. The van der Waals surface area contributed by atoms with Crippen LogP contribution < -0.4 is 21.7 Å². The van der Waals surface area contributed by atoms with Crippen LogP contribution in [0.2, 0.25) is 0 Å². The number of aliphatic carboxylic acids is 3. The van der Waals surface area contributed by atoms with Gasteiger partial charge in [-0.2, -0.15) is 0 Å². The average Bonchev–Trinajstić information content (AvgIpc) is 3.27. The molecular weight excluding hydrogens is 460 g/mol. The van der Waals surface area contributed by atoms with Crippen LogP contribution in [0.25, 0.3) is 0 Å². The Morgan fingerprint density at radius 2 is 1.50 bits per heavy atom. The Hall–Kier alpha value is -4.05. The zero-order chi connectivity index (χ0) is 25.8. The standard InChI is InChI=1S/C18H26N6O10/c19-9(1-2-13(26)27)15(30)24-12(6-25)17(32)22-10(3-8-5-20-7-21-8)16(31)23-11(18(33)34)4-14(28)29/h5,7,9-12,25H,1-4,6,19H2,(H,20,21)(H,22,32)(H,23,31)(H,24,30)(H,26,27)(H,28,29)(H,33,34). The lowest BCUT2D eigenvalue weighted by atomic mass is 10.1. The van der Waals surface area contributed by atoms with Crippen molar-refractivity contribution < 1.29 is 49.2 Å². The maximum Gasteiger partial charge on any atom is 0.326 e. The molecule has 188 valence electrons. The number of hydrogen-bond donors (Lipinski definition) is 9. The van der Waals surface area contributed by atoms with E-state index in [4.69, 9.17) is 21.1 Å². The normalized spacial score (nSPS) is 14.2. The third-order valence-corrected chi connectivity index (χ3v) is 4.43. The van der Waals surface area contributed by atoms with Gasteiger partial charge in [0.15, 0.2) is 0 Å². The molecule has 0 aliphatic rings. The summed E-state index contributed by atoms with van der Waals surface area (Å²) in [4.78, 5) is 76.5. The second-order valence-corrected chi connectivity index (χ2v) is 7.12. The van der Waals surface area contributed by atoms with Crippen LogP contribution in [0.1, 0.15) is 25.0 Å². The number of nitrogens with two attached hydrogens (primary N) is 1.